The Morgan fingerprint density at radius 3 is 2.25 bits per heavy atom. The zero-order valence-electron chi connectivity index (χ0n) is 14.8. The number of hydrogen-bond donors (Lipinski definition) is 1. The van der Waals surface area contributed by atoms with E-state index in [-0.39, 0.29) is 5.41 Å². The fourth-order valence-corrected chi connectivity index (χ4v) is 3.73. The lowest BCUT2D eigenvalue weighted by molar-refractivity contribution is 0.584. The Kier molecular flexibility index (Phi) is 5.15. The molecule has 130 valence electrons. The maximum absolute atomic E-state index is 11.5. The minimum absolute atomic E-state index is 0.0167. The number of aromatic nitrogens is 1. The van der Waals surface area contributed by atoms with Crippen LogP contribution in [0.1, 0.15) is 43.3 Å². The van der Waals surface area contributed by atoms with Crippen molar-refractivity contribution >= 4 is 32.6 Å². The van der Waals surface area contributed by atoms with Crippen LogP contribution in [0.4, 0.5) is 5.69 Å². The number of hydrogen-bond acceptors (Lipinski definition) is 6. The molecular formula is C17H23N3O2S2. The van der Waals surface area contributed by atoms with Gasteiger partial charge >= 0.3 is 0 Å². The van der Waals surface area contributed by atoms with Crippen molar-refractivity contribution in [3.63, 3.8) is 0 Å². The van der Waals surface area contributed by atoms with Crippen LogP contribution < -0.4 is 5.43 Å². The Labute approximate surface area is 147 Å². The van der Waals surface area contributed by atoms with Crippen LogP contribution in [-0.4, -0.2) is 25.4 Å². The molecule has 24 heavy (non-hydrogen) atoms. The van der Waals surface area contributed by atoms with E-state index in [1.54, 1.807) is 35.6 Å². The highest BCUT2D eigenvalue weighted by atomic mass is 32.2. The average Bonchev–Trinajstić information content (AvgIpc) is 2.86. The van der Waals surface area contributed by atoms with Crippen LogP contribution in [0.15, 0.2) is 34.3 Å². The molecule has 0 aliphatic carbocycles. The molecule has 0 bridgehead atoms. The van der Waals surface area contributed by atoms with Crippen molar-refractivity contribution in [3.8, 4) is 0 Å². The minimum atomic E-state index is -3.18. The summed E-state index contributed by atoms with van der Waals surface area (Å²) in [5.74, 6) is 0. The molecule has 2 aromatic rings. The zero-order chi connectivity index (χ0) is 18.1. The SMILES string of the molecule is C/C(=N\Nc1ccc(S(C)(=O)=O)cc1)c1sc(C(C)(C)C)nc1C. The van der Waals surface area contributed by atoms with Gasteiger partial charge in [0, 0.05) is 11.7 Å². The van der Waals surface area contributed by atoms with E-state index in [0.29, 0.717) is 4.90 Å². The van der Waals surface area contributed by atoms with Crippen LogP contribution in [-0.2, 0) is 15.3 Å². The molecule has 1 aromatic heterocycles. The maximum atomic E-state index is 11.5. The summed E-state index contributed by atoms with van der Waals surface area (Å²) < 4.78 is 22.9. The number of aryl methyl sites for hydroxylation is 1. The van der Waals surface area contributed by atoms with Gasteiger partial charge in [-0.15, -0.1) is 11.3 Å². The van der Waals surface area contributed by atoms with E-state index >= 15 is 0 Å². The molecule has 1 aromatic carbocycles. The first-order chi connectivity index (χ1) is 11.0. The second-order valence-electron chi connectivity index (χ2n) is 6.79. The Bertz CT molecular complexity index is 858. The second-order valence-corrected chi connectivity index (χ2v) is 9.80. The molecule has 1 heterocycles. The van der Waals surface area contributed by atoms with Crippen LogP contribution in [0.2, 0.25) is 0 Å². The summed E-state index contributed by atoms with van der Waals surface area (Å²) in [5, 5.41) is 5.49. The summed E-state index contributed by atoms with van der Waals surface area (Å²) in [6.45, 7) is 10.3. The van der Waals surface area contributed by atoms with E-state index in [2.05, 4.69) is 36.3 Å². The van der Waals surface area contributed by atoms with Crippen LogP contribution in [0.25, 0.3) is 0 Å². The van der Waals surface area contributed by atoms with Gasteiger partial charge in [-0.1, -0.05) is 20.8 Å². The van der Waals surface area contributed by atoms with Crippen LogP contribution in [0.5, 0.6) is 0 Å². The molecule has 0 amide bonds. The van der Waals surface area contributed by atoms with Gasteiger partial charge in [-0.05, 0) is 38.1 Å². The first kappa shape index (κ1) is 18.6. The number of anilines is 1. The third kappa shape index (κ3) is 4.42. The fraction of sp³-hybridized carbons (Fsp3) is 0.412. The summed E-state index contributed by atoms with van der Waals surface area (Å²) >= 11 is 1.65. The third-order valence-corrected chi connectivity index (χ3v) is 6.22. The van der Waals surface area contributed by atoms with Crippen molar-refractivity contribution in [2.24, 2.45) is 5.10 Å². The van der Waals surface area contributed by atoms with E-state index in [1.807, 2.05) is 13.8 Å². The highest BCUT2D eigenvalue weighted by Crippen LogP contribution is 2.29. The normalized spacial score (nSPS) is 13.2. The van der Waals surface area contributed by atoms with Gasteiger partial charge in [0.25, 0.3) is 0 Å². The van der Waals surface area contributed by atoms with Crippen molar-refractivity contribution in [1.29, 1.82) is 0 Å². The average molecular weight is 366 g/mol. The molecule has 7 heteroatoms. The lowest BCUT2D eigenvalue weighted by atomic mass is 9.98. The number of sulfone groups is 1. The topological polar surface area (TPSA) is 71.4 Å². The van der Waals surface area contributed by atoms with Gasteiger partial charge in [-0.3, -0.25) is 5.43 Å². The predicted molar refractivity (Wildman–Crippen MR) is 101 cm³/mol. The summed E-state index contributed by atoms with van der Waals surface area (Å²) in [5.41, 5.74) is 5.55. The molecule has 0 saturated carbocycles. The summed E-state index contributed by atoms with van der Waals surface area (Å²) in [6, 6.07) is 6.54. The Morgan fingerprint density at radius 2 is 1.79 bits per heavy atom. The summed E-state index contributed by atoms with van der Waals surface area (Å²) in [4.78, 5) is 5.99. The third-order valence-electron chi connectivity index (χ3n) is 3.40. The van der Waals surface area contributed by atoms with E-state index in [0.717, 1.165) is 27.0 Å². The van der Waals surface area contributed by atoms with Gasteiger partial charge < -0.3 is 0 Å². The molecular weight excluding hydrogens is 342 g/mol. The zero-order valence-corrected chi connectivity index (χ0v) is 16.5. The molecule has 0 aliphatic heterocycles. The number of hydrazone groups is 1. The Morgan fingerprint density at radius 1 is 1.21 bits per heavy atom. The van der Waals surface area contributed by atoms with Crippen molar-refractivity contribution in [2.45, 2.75) is 44.9 Å². The lowest BCUT2D eigenvalue weighted by Gasteiger charge is -2.13. The van der Waals surface area contributed by atoms with Crippen LogP contribution in [0, 0.1) is 6.92 Å². The van der Waals surface area contributed by atoms with Crippen molar-refractivity contribution < 1.29 is 8.42 Å². The van der Waals surface area contributed by atoms with E-state index < -0.39 is 9.84 Å². The van der Waals surface area contributed by atoms with Crippen molar-refractivity contribution in [3.05, 3.63) is 39.8 Å². The van der Waals surface area contributed by atoms with Gasteiger partial charge in [0.2, 0.25) is 0 Å². The molecule has 0 spiro atoms. The smallest absolute Gasteiger partial charge is 0.175 e. The van der Waals surface area contributed by atoms with E-state index in [4.69, 9.17) is 0 Å². The fourth-order valence-electron chi connectivity index (χ4n) is 2.03. The molecule has 0 fully saturated rings. The molecule has 0 saturated heterocycles. The van der Waals surface area contributed by atoms with Crippen LogP contribution in [0.3, 0.4) is 0 Å². The number of nitrogens with zero attached hydrogens (tertiary/aromatic N) is 2. The van der Waals surface area contributed by atoms with E-state index in [1.165, 1.54) is 6.26 Å². The van der Waals surface area contributed by atoms with Crippen molar-refractivity contribution in [2.75, 3.05) is 11.7 Å². The van der Waals surface area contributed by atoms with Crippen LogP contribution >= 0.6 is 11.3 Å². The van der Waals surface area contributed by atoms with Gasteiger partial charge in [-0.2, -0.15) is 5.10 Å². The van der Waals surface area contributed by atoms with Gasteiger partial charge in [0.1, 0.15) is 0 Å². The largest absolute Gasteiger partial charge is 0.278 e. The molecule has 0 aliphatic rings. The summed E-state index contributed by atoms with van der Waals surface area (Å²) in [7, 11) is -3.18. The molecule has 0 unspecified atom stereocenters. The van der Waals surface area contributed by atoms with Gasteiger partial charge in [-0.25, -0.2) is 13.4 Å². The first-order valence-electron chi connectivity index (χ1n) is 7.57. The molecule has 0 radical (unpaired) electrons. The molecule has 2 rings (SSSR count). The number of benzene rings is 1. The highest BCUT2D eigenvalue weighted by Gasteiger charge is 2.21. The molecule has 0 atom stereocenters. The Hall–Kier alpha value is -1.73. The molecule has 1 N–H and O–H groups in total. The van der Waals surface area contributed by atoms with Crippen molar-refractivity contribution in [1.82, 2.24) is 4.98 Å². The second kappa shape index (κ2) is 6.64. The number of nitrogens with one attached hydrogen (secondary N) is 1. The Balaban J connectivity index is 2.19. The lowest BCUT2D eigenvalue weighted by Crippen LogP contribution is -2.10. The minimum Gasteiger partial charge on any atom is -0.278 e. The van der Waals surface area contributed by atoms with E-state index in [9.17, 15) is 8.42 Å². The maximum Gasteiger partial charge on any atom is 0.175 e. The standard InChI is InChI=1S/C17H23N3O2S2/c1-11-15(23-16(18-11)17(3,4)5)12(2)19-20-13-7-9-14(10-8-13)24(6,21)22/h7-10,20H,1-6H3/b19-12+. The van der Waals surface area contributed by atoms with Gasteiger partial charge in [0.05, 0.1) is 31.9 Å². The first-order valence-corrected chi connectivity index (χ1v) is 10.3. The monoisotopic (exact) mass is 365 g/mol. The number of thiazole rings is 1. The van der Waals surface area contributed by atoms with Gasteiger partial charge in [0.15, 0.2) is 9.84 Å². The quantitative estimate of drug-likeness (QED) is 0.657. The highest BCUT2D eigenvalue weighted by molar-refractivity contribution is 7.90. The molecule has 5 nitrogen and oxygen atoms in total. The predicted octanol–water partition coefficient (Wildman–Crippen LogP) is 3.99. The number of rotatable bonds is 4. The summed E-state index contributed by atoms with van der Waals surface area (Å²) in [6.07, 6.45) is 1.19.